The van der Waals surface area contributed by atoms with E-state index in [0.717, 1.165) is 0 Å². The Morgan fingerprint density at radius 2 is 2.38 bits per heavy atom. The molecular weight excluding hydrogens is 168 g/mol. The lowest BCUT2D eigenvalue weighted by Crippen LogP contribution is -2.14. The molecule has 66 valence electrons. The molecule has 0 aliphatic heterocycles. The fourth-order valence-electron chi connectivity index (χ4n) is 1.13. The van der Waals surface area contributed by atoms with Crippen LogP contribution in [0.25, 0.3) is 10.9 Å². The van der Waals surface area contributed by atoms with Crippen LogP contribution in [0.2, 0.25) is 0 Å². The third-order valence-corrected chi connectivity index (χ3v) is 1.75. The van der Waals surface area contributed by atoms with Gasteiger partial charge < -0.3 is 10.7 Å². The van der Waals surface area contributed by atoms with E-state index in [1.54, 1.807) is 12.3 Å². The van der Waals surface area contributed by atoms with Gasteiger partial charge in [-0.15, -0.1) is 0 Å². The molecule has 0 atom stereocenters. The van der Waals surface area contributed by atoms with Crippen molar-refractivity contribution < 1.29 is 0 Å². The van der Waals surface area contributed by atoms with Crippen LogP contribution in [0.4, 0.5) is 0 Å². The van der Waals surface area contributed by atoms with Gasteiger partial charge in [-0.2, -0.15) is 0 Å². The van der Waals surface area contributed by atoms with Crippen LogP contribution in [0.5, 0.6) is 0 Å². The second-order valence-electron chi connectivity index (χ2n) is 2.61. The monoisotopic (exact) mass is 176 g/mol. The van der Waals surface area contributed by atoms with Gasteiger partial charge in [-0.1, -0.05) is 0 Å². The predicted octanol–water partition coefficient (Wildman–Crippen LogP) is -0.223. The number of rotatable bonds is 1. The van der Waals surface area contributed by atoms with Gasteiger partial charge in [-0.25, -0.2) is 4.98 Å². The Labute approximate surface area is 73.6 Å². The lowest BCUT2D eigenvalue weighted by molar-refractivity contribution is 0.912. The first-order valence-electron chi connectivity index (χ1n) is 3.84. The van der Waals surface area contributed by atoms with E-state index in [4.69, 9.17) is 5.73 Å². The molecule has 0 aromatic carbocycles. The summed E-state index contributed by atoms with van der Waals surface area (Å²) in [5.74, 6) is 0.490. The molecule has 2 aromatic rings. The summed E-state index contributed by atoms with van der Waals surface area (Å²) in [6.07, 6.45) is 3.08. The van der Waals surface area contributed by atoms with Crippen molar-refractivity contribution >= 4 is 10.9 Å². The van der Waals surface area contributed by atoms with Crippen molar-refractivity contribution in [2.75, 3.05) is 0 Å². The Morgan fingerprint density at radius 1 is 1.54 bits per heavy atom. The Kier molecular flexibility index (Phi) is 1.79. The number of hydrogen-bond donors (Lipinski definition) is 2. The van der Waals surface area contributed by atoms with Gasteiger partial charge in [0.15, 0.2) is 0 Å². The molecule has 0 aliphatic rings. The number of nitrogens with two attached hydrogens (primary N) is 1. The molecule has 5 nitrogen and oxygen atoms in total. The summed E-state index contributed by atoms with van der Waals surface area (Å²) in [5.41, 5.74) is 5.79. The maximum Gasteiger partial charge on any atom is 0.260 e. The lowest BCUT2D eigenvalue weighted by atomic mass is 10.3. The van der Waals surface area contributed by atoms with Crippen LogP contribution in [0.15, 0.2) is 23.3 Å². The molecule has 13 heavy (non-hydrogen) atoms. The van der Waals surface area contributed by atoms with E-state index in [9.17, 15) is 4.79 Å². The zero-order valence-corrected chi connectivity index (χ0v) is 6.82. The Bertz CT molecular complexity index is 491. The van der Waals surface area contributed by atoms with E-state index in [2.05, 4.69) is 15.0 Å². The smallest absolute Gasteiger partial charge is 0.260 e. The molecule has 0 fully saturated rings. The molecule has 0 spiro atoms. The van der Waals surface area contributed by atoms with Crippen LogP contribution in [-0.4, -0.2) is 15.0 Å². The van der Waals surface area contributed by atoms with Crippen LogP contribution in [-0.2, 0) is 6.54 Å². The number of hydrogen-bond acceptors (Lipinski definition) is 4. The average molecular weight is 176 g/mol. The number of H-pyrrole nitrogens is 1. The first kappa shape index (κ1) is 7.88. The van der Waals surface area contributed by atoms with Crippen molar-refractivity contribution in [2.24, 2.45) is 5.73 Å². The van der Waals surface area contributed by atoms with Crippen molar-refractivity contribution in [3.63, 3.8) is 0 Å². The highest BCUT2D eigenvalue weighted by molar-refractivity contribution is 5.75. The summed E-state index contributed by atoms with van der Waals surface area (Å²) in [4.78, 5) is 21.9. The quantitative estimate of drug-likeness (QED) is 0.628. The van der Waals surface area contributed by atoms with Gasteiger partial charge in [0.1, 0.15) is 5.82 Å². The van der Waals surface area contributed by atoms with E-state index >= 15 is 0 Å². The Morgan fingerprint density at radius 3 is 3.15 bits per heavy atom. The molecular formula is C8H8N4O. The third kappa shape index (κ3) is 1.29. The van der Waals surface area contributed by atoms with E-state index in [1.165, 1.54) is 6.20 Å². The van der Waals surface area contributed by atoms with Gasteiger partial charge in [0.05, 0.1) is 17.4 Å². The second kappa shape index (κ2) is 2.95. The Hall–Kier alpha value is -1.75. The van der Waals surface area contributed by atoms with Gasteiger partial charge in [0.25, 0.3) is 5.56 Å². The number of aromatic nitrogens is 3. The minimum absolute atomic E-state index is 0.196. The third-order valence-electron chi connectivity index (χ3n) is 1.75. The van der Waals surface area contributed by atoms with Gasteiger partial charge >= 0.3 is 0 Å². The summed E-state index contributed by atoms with van der Waals surface area (Å²) in [6, 6.07) is 1.68. The molecule has 2 aromatic heterocycles. The fraction of sp³-hybridized carbons (Fsp3) is 0.125. The molecule has 0 amide bonds. The SMILES string of the molecule is NCc1nc2ccncc2c(=O)[nH]1. The molecule has 5 heteroatoms. The molecule has 2 heterocycles. The summed E-state index contributed by atoms with van der Waals surface area (Å²) in [7, 11) is 0. The van der Waals surface area contributed by atoms with Gasteiger partial charge in [0, 0.05) is 12.4 Å². The fourth-order valence-corrected chi connectivity index (χ4v) is 1.13. The number of aromatic amines is 1. The van der Waals surface area contributed by atoms with Crippen LogP contribution in [0, 0.1) is 0 Å². The molecule has 0 unspecified atom stereocenters. The first-order valence-corrected chi connectivity index (χ1v) is 3.84. The normalized spacial score (nSPS) is 10.5. The van der Waals surface area contributed by atoms with Crippen molar-refractivity contribution in [3.8, 4) is 0 Å². The van der Waals surface area contributed by atoms with Crippen molar-refractivity contribution in [1.29, 1.82) is 0 Å². The van der Waals surface area contributed by atoms with Gasteiger partial charge in [0.2, 0.25) is 0 Å². The highest BCUT2D eigenvalue weighted by Gasteiger charge is 2.00. The topological polar surface area (TPSA) is 84.7 Å². The van der Waals surface area contributed by atoms with Crippen LogP contribution >= 0.6 is 0 Å². The van der Waals surface area contributed by atoms with E-state index in [0.29, 0.717) is 16.7 Å². The summed E-state index contributed by atoms with van der Waals surface area (Å²) in [5, 5.41) is 0.486. The number of nitrogens with zero attached hydrogens (tertiary/aromatic N) is 2. The highest BCUT2D eigenvalue weighted by atomic mass is 16.1. The minimum atomic E-state index is -0.196. The maximum atomic E-state index is 11.4. The number of pyridine rings is 1. The second-order valence-corrected chi connectivity index (χ2v) is 2.61. The van der Waals surface area contributed by atoms with E-state index in [1.807, 2.05) is 0 Å². The highest BCUT2D eigenvalue weighted by Crippen LogP contribution is 2.02. The number of fused-ring (bicyclic) bond motifs is 1. The average Bonchev–Trinajstić information content (AvgIpc) is 2.18. The molecule has 0 saturated heterocycles. The van der Waals surface area contributed by atoms with Crippen molar-refractivity contribution in [2.45, 2.75) is 6.54 Å². The first-order chi connectivity index (χ1) is 6.31. The van der Waals surface area contributed by atoms with Crippen LogP contribution < -0.4 is 11.3 Å². The standard InChI is InChI=1S/C8H8N4O/c9-3-7-11-6-1-2-10-4-5(6)8(13)12-7/h1-2,4H,3,9H2,(H,11,12,13). The molecule has 2 rings (SSSR count). The largest absolute Gasteiger partial charge is 0.324 e. The van der Waals surface area contributed by atoms with E-state index < -0.39 is 0 Å². The van der Waals surface area contributed by atoms with Crippen molar-refractivity contribution in [3.05, 3.63) is 34.6 Å². The van der Waals surface area contributed by atoms with Crippen LogP contribution in [0.1, 0.15) is 5.82 Å². The van der Waals surface area contributed by atoms with E-state index in [-0.39, 0.29) is 12.1 Å². The van der Waals surface area contributed by atoms with Gasteiger partial charge in [-0.3, -0.25) is 9.78 Å². The lowest BCUT2D eigenvalue weighted by Gasteiger charge is -1.98. The van der Waals surface area contributed by atoms with Crippen LogP contribution in [0.3, 0.4) is 0 Å². The summed E-state index contributed by atoms with van der Waals surface area (Å²) < 4.78 is 0. The molecule has 3 N–H and O–H groups in total. The summed E-state index contributed by atoms with van der Waals surface area (Å²) in [6.45, 7) is 0.230. The zero-order valence-electron chi connectivity index (χ0n) is 6.82. The molecule has 0 bridgehead atoms. The Balaban J connectivity index is 2.85. The zero-order chi connectivity index (χ0) is 9.26. The number of nitrogens with one attached hydrogen (secondary N) is 1. The van der Waals surface area contributed by atoms with Gasteiger partial charge in [-0.05, 0) is 6.07 Å². The maximum absolute atomic E-state index is 11.4. The predicted molar refractivity (Wildman–Crippen MR) is 48.1 cm³/mol. The summed E-state index contributed by atoms with van der Waals surface area (Å²) >= 11 is 0. The molecule has 0 radical (unpaired) electrons. The molecule has 0 aliphatic carbocycles. The van der Waals surface area contributed by atoms with Crippen molar-refractivity contribution in [1.82, 2.24) is 15.0 Å². The molecule has 0 saturated carbocycles. The minimum Gasteiger partial charge on any atom is -0.324 e.